The van der Waals surface area contributed by atoms with Gasteiger partial charge in [0.1, 0.15) is 0 Å². The summed E-state index contributed by atoms with van der Waals surface area (Å²) in [6, 6.07) is 10.3. The summed E-state index contributed by atoms with van der Waals surface area (Å²) >= 11 is 0. The van der Waals surface area contributed by atoms with Crippen molar-refractivity contribution < 1.29 is 8.42 Å². The fraction of sp³-hybridized carbons (Fsp3) is 0.571. The number of para-hydroxylation sites is 1. The predicted molar refractivity (Wildman–Crippen MR) is 82.5 cm³/mol. The number of anilines is 1. The number of piperazine rings is 1. The summed E-state index contributed by atoms with van der Waals surface area (Å²) in [6.07, 6.45) is 1.21. The Kier molecular flexibility index (Phi) is 5.01. The van der Waals surface area contributed by atoms with Gasteiger partial charge in [0.25, 0.3) is 0 Å². The Bertz CT molecular complexity index is 510. The predicted octanol–water partition coefficient (Wildman–Crippen LogP) is 0.746. The van der Waals surface area contributed by atoms with Crippen molar-refractivity contribution in [2.24, 2.45) is 0 Å². The van der Waals surface area contributed by atoms with E-state index in [4.69, 9.17) is 0 Å². The molecule has 0 bridgehead atoms. The second-order valence-electron chi connectivity index (χ2n) is 5.41. The van der Waals surface area contributed by atoms with Crippen LogP contribution < -0.4 is 9.62 Å². The third-order valence-electron chi connectivity index (χ3n) is 3.44. The first-order valence-electron chi connectivity index (χ1n) is 6.94. The molecule has 2 rings (SSSR count). The summed E-state index contributed by atoms with van der Waals surface area (Å²) in [5, 5.41) is 0. The van der Waals surface area contributed by atoms with Gasteiger partial charge in [0.05, 0.1) is 6.26 Å². The van der Waals surface area contributed by atoms with Gasteiger partial charge in [-0.3, -0.25) is 4.90 Å². The SMILES string of the molecule is CC(CN1CCN(c2ccccc2)CC1)NS(C)(=O)=O. The van der Waals surface area contributed by atoms with E-state index < -0.39 is 10.0 Å². The van der Waals surface area contributed by atoms with Gasteiger partial charge < -0.3 is 4.90 Å². The number of sulfonamides is 1. The molecule has 0 spiro atoms. The van der Waals surface area contributed by atoms with Gasteiger partial charge in [-0.25, -0.2) is 13.1 Å². The molecule has 0 amide bonds. The number of hydrogen-bond acceptors (Lipinski definition) is 4. The summed E-state index contributed by atoms with van der Waals surface area (Å²) in [4.78, 5) is 4.67. The van der Waals surface area contributed by atoms with Gasteiger partial charge in [-0.15, -0.1) is 0 Å². The molecule has 1 aromatic rings. The van der Waals surface area contributed by atoms with Crippen LogP contribution in [-0.4, -0.2) is 58.3 Å². The van der Waals surface area contributed by atoms with E-state index in [1.165, 1.54) is 11.9 Å². The molecular formula is C14H23N3O2S. The zero-order valence-electron chi connectivity index (χ0n) is 12.1. The smallest absolute Gasteiger partial charge is 0.208 e. The van der Waals surface area contributed by atoms with Crippen LogP contribution >= 0.6 is 0 Å². The molecule has 1 atom stereocenters. The zero-order chi connectivity index (χ0) is 14.6. The van der Waals surface area contributed by atoms with Crippen molar-refractivity contribution in [2.75, 3.05) is 43.9 Å². The van der Waals surface area contributed by atoms with Gasteiger partial charge in [-0.05, 0) is 19.1 Å². The summed E-state index contributed by atoms with van der Waals surface area (Å²) in [5.41, 5.74) is 1.26. The summed E-state index contributed by atoms with van der Waals surface area (Å²) in [6.45, 7) is 6.56. The molecule has 1 aliphatic rings. The maximum absolute atomic E-state index is 11.2. The molecule has 5 nitrogen and oxygen atoms in total. The Hall–Kier alpha value is -1.11. The highest BCUT2D eigenvalue weighted by Crippen LogP contribution is 2.15. The first-order valence-corrected chi connectivity index (χ1v) is 8.83. The van der Waals surface area contributed by atoms with E-state index in [0.29, 0.717) is 0 Å². The second-order valence-corrected chi connectivity index (χ2v) is 7.19. The molecule has 6 heteroatoms. The van der Waals surface area contributed by atoms with E-state index in [1.807, 2.05) is 13.0 Å². The molecule has 1 heterocycles. The molecule has 0 aliphatic carbocycles. The second kappa shape index (κ2) is 6.56. The van der Waals surface area contributed by atoms with Crippen molar-refractivity contribution in [3.63, 3.8) is 0 Å². The Balaban J connectivity index is 1.80. The van der Waals surface area contributed by atoms with Crippen LogP contribution in [0.15, 0.2) is 30.3 Å². The van der Waals surface area contributed by atoms with Gasteiger partial charge in [0.2, 0.25) is 10.0 Å². The molecule has 1 N–H and O–H groups in total. The summed E-state index contributed by atoms with van der Waals surface area (Å²) < 4.78 is 25.0. The normalized spacial score (nSPS) is 19.0. The lowest BCUT2D eigenvalue weighted by molar-refractivity contribution is 0.242. The van der Waals surface area contributed by atoms with Crippen molar-refractivity contribution in [2.45, 2.75) is 13.0 Å². The third-order valence-corrected chi connectivity index (χ3v) is 4.27. The first-order chi connectivity index (χ1) is 9.44. The monoisotopic (exact) mass is 297 g/mol. The Labute approximate surface area is 121 Å². The average Bonchev–Trinajstić information content (AvgIpc) is 2.38. The fourth-order valence-electron chi connectivity index (χ4n) is 2.62. The maximum Gasteiger partial charge on any atom is 0.208 e. The van der Waals surface area contributed by atoms with Crippen molar-refractivity contribution >= 4 is 15.7 Å². The van der Waals surface area contributed by atoms with Crippen LogP contribution in [0.3, 0.4) is 0 Å². The van der Waals surface area contributed by atoms with Crippen LogP contribution in [0.25, 0.3) is 0 Å². The number of benzene rings is 1. The van der Waals surface area contributed by atoms with E-state index in [0.717, 1.165) is 32.7 Å². The molecular weight excluding hydrogens is 274 g/mol. The van der Waals surface area contributed by atoms with Crippen LogP contribution in [-0.2, 0) is 10.0 Å². The number of hydrogen-bond donors (Lipinski definition) is 1. The van der Waals surface area contributed by atoms with Crippen molar-refractivity contribution in [1.29, 1.82) is 0 Å². The molecule has 1 saturated heterocycles. The van der Waals surface area contributed by atoms with Crippen LogP contribution in [0, 0.1) is 0 Å². The number of nitrogens with zero attached hydrogens (tertiary/aromatic N) is 2. The highest BCUT2D eigenvalue weighted by molar-refractivity contribution is 7.88. The minimum Gasteiger partial charge on any atom is -0.369 e. The standard InChI is InChI=1S/C14H23N3O2S/c1-13(15-20(2,18)19)12-16-8-10-17(11-9-16)14-6-4-3-5-7-14/h3-7,13,15H,8-12H2,1-2H3. The molecule has 1 aliphatic heterocycles. The molecule has 1 fully saturated rings. The average molecular weight is 297 g/mol. The lowest BCUT2D eigenvalue weighted by Crippen LogP contribution is -2.50. The van der Waals surface area contributed by atoms with E-state index in [-0.39, 0.29) is 6.04 Å². The van der Waals surface area contributed by atoms with Gasteiger partial charge in [-0.1, -0.05) is 18.2 Å². The van der Waals surface area contributed by atoms with E-state index in [1.54, 1.807) is 0 Å². The lowest BCUT2D eigenvalue weighted by atomic mass is 10.2. The molecule has 0 aromatic heterocycles. The minimum atomic E-state index is -3.11. The molecule has 0 radical (unpaired) electrons. The fourth-order valence-corrected chi connectivity index (χ4v) is 3.42. The van der Waals surface area contributed by atoms with Gasteiger partial charge >= 0.3 is 0 Å². The Morgan fingerprint density at radius 2 is 1.75 bits per heavy atom. The number of nitrogens with one attached hydrogen (secondary N) is 1. The largest absolute Gasteiger partial charge is 0.369 e. The van der Waals surface area contributed by atoms with Crippen molar-refractivity contribution in [3.05, 3.63) is 30.3 Å². The highest BCUT2D eigenvalue weighted by atomic mass is 32.2. The maximum atomic E-state index is 11.2. The first kappa shape index (κ1) is 15.3. The third kappa shape index (κ3) is 4.77. The van der Waals surface area contributed by atoms with E-state index >= 15 is 0 Å². The van der Waals surface area contributed by atoms with E-state index in [2.05, 4.69) is 38.8 Å². The summed E-state index contributed by atoms with van der Waals surface area (Å²) in [7, 11) is -3.11. The highest BCUT2D eigenvalue weighted by Gasteiger charge is 2.19. The molecule has 1 aromatic carbocycles. The van der Waals surface area contributed by atoms with Crippen LogP contribution in [0.1, 0.15) is 6.92 Å². The molecule has 112 valence electrons. The zero-order valence-corrected chi connectivity index (χ0v) is 12.9. The molecule has 0 saturated carbocycles. The van der Waals surface area contributed by atoms with Crippen LogP contribution in [0.5, 0.6) is 0 Å². The Morgan fingerprint density at radius 3 is 2.30 bits per heavy atom. The van der Waals surface area contributed by atoms with Gasteiger partial charge in [-0.2, -0.15) is 0 Å². The van der Waals surface area contributed by atoms with Crippen LogP contribution in [0.2, 0.25) is 0 Å². The topological polar surface area (TPSA) is 52.6 Å². The summed E-state index contributed by atoms with van der Waals surface area (Å²) in [5.74, 6) is 0. The van der Waals surface area contributed by atoms with Crippen molar-refractivity contribution in [1.82, 2.24) is 9.62 Å². The number of rotatable bonds is 5. The molecule has 1 unspecified atom stereocenters. The minimum absolute atomic E-state index is 0.0479. The lowest BCUT2D eigenvalue weighted by Gasteiger charge is -2.37. The molecule has 20 heavy (non-hydrogen) atoms. The Morgan fingerprint density at radius 1 is 1.15 bits per heavy atom. The van der Waals surface area contributed by atoms with Crippen LogP contribution in [0.4, 0.5) is 5.69 Å². The van der Waals surface area contributed by atoms with Gasteiger partial charge in [0, 0.05) is 44.5 Å². The quantitative estimate of drug-likeness (QED) is 0.871. The van der Waals surface area contributed by atoms with Crippen molar-refractivity contribution in [3.8, 4) is 0 Å². The van der Waals surface area contributed by atoms with E-state index in [9.17, 15) is 8.42 Å². The van der Waals surface area contributed by atoms with Gasteiger partial charge in [0.15, 0.2) is 0 Å².